The molecule has 0 saturated heterocycles. The van der Waals surface area contributed by atoms with E-state index in [1.165, 1.54) is 4.52 Å². The third kappa shape index (κ3) is 1.71. The van der Waals surface area contributed by atoms with Crippen LogP contribution < -0.4 is 5.56 Å². The van der Waals surface area contributed by atoms with Crippen LogP contribution in [-0.4, -0.2) is 19.6 Å². The largest absolute Gasteiger partial charge is 0.353 e. The molecule has 5 aromatic rings. The number of para-hydroxylation sites is 1. The summed E-state index contributed by atoms with van der Waals surface area (Å²) in [5.41, 5.74) is 3.44. The summed E-state index contributed by atoms with van der Waals surface area (Å²) in [5, 5.41) is 6.54. The Bertz CT molecular complexity index is 1300. The second kappa shape index (κ2) is 4.30. The molecule has 2 aromatic carbocycles. The number of H-pyrrole nitrogens is 1. The molecule has 3 aromatic heterocycles. The van der Waals surface area contributed by atoms with Gasteiger partial charge in [0.25, 0.3) is 5.56 Å². The zero-order chi connectivity index (χ0) is 15.6. The Hall–Kier alpha value is -2.92. The van der Waals surface area contributed by atoms with Crippen LogP contribution in [0.2, 0.25) is 5.02 Å². The lowest BCUT2D eigenvalue weighted by Gasteiger charge is -2.03. The average molecular weight is 321 g/mol. The first-order valence-electron chi connectivity index (χ1n) is 7.10. The van der Waals surface area contributed by atoms with Gasteiger partial charge in [-0.15, -0.1) is 0 Å². The van der Waals surface area contributed by atoms with E-state index in [1.807, 2.05) is 30.3 Å². The molecular weight excluding hydrogens is 312 g/mol. The number of aromatic amines is 1. The topological polar surface area (TPSA) is 63.0 Å². The molecule has 0 radical (unpaired) electrons. The Morgan fingerprint density at radius 2 is 1.87 bits per heavy atom. The lowest BCUT2D eigenvalue weighted by Crippen LogP contribution is -2.17. The minimum atomic E-state index is -0.200. The molecule has 1 N–H and O–H groups in total. The van der Waals surface area contributed by atoms with E-state index in [0.29, 0.717) is 21.6 Å². The SMILES string of the molecule is O=c1c2ccc(Cl)cc2nc2cc3[nH]c4ccccc4c3nn12. The van der Waals surface area contributed by atoms with E-state index >= 15 is 0 Å². The van der Waals surface area contributed by atoms with Crippen LogP contribution in [0.3, 0.4) is 0 Å². The van der Waals surface area contributed by atoms with Gasteiger partial charge in [0, 0.05) is 22.0 Å². The fraction of sp³-hybridized carbons (Fsp3) is 0. The van der Waals surface area contributed by atoms with Gasteiger partial charge in [-0.25, -0.2) is 4.98 Å². The molecule has 6 heteroatoms. The van der Waals surface area contributed by atoms with Crippen LogP contribution in [0.5, 0.6) is 0 Å². The van der Waals surface area contributed by atoms with Gasteiger partial charge in [-0.3, -0.25) is 4.79 Å². The fourth-order valence-electron chi connectivity index (χ4n) is 2.95. The first kappa shape index (κ1) is 12.6. The number of fused-ring (bicyclic) bond motifs is 5. The number of nitrogens with zero attached hydrogens (tertiary/aromatic N) is 3. The molecule has 5 rings (SSSR count). The van der Waals surface area contributed by atoms with Crippen molar-refractivity contribution in [2.75, 3.05) is 0 Å². The summed E-state index contributed by atoms with van der Waals surface area (Å²) in [6.45, 7) is 0. The van der Waals surface area contributed by atoms with Gasteiger partial charge in [-0.05, 0) is 24.3 Å². The van der Waals surface area contributed by atoms with Crippen LogP contribution >= 0.6 is 11.6 Å². The first-order valence-corrected chi connectivity index (χ1v) is 7.48. The van der Waals surface area contributed by atoms with Crippen molar-refractivity contribution >= 4 is 50.1 Å². The Kier molecular flexibility index (Phi) is 2.36. The maximum Gasteiger partial charge on any atom is 0.282 e. The van der Waals surface area contributed by atoms with Gasteiger partial charge in [0.15, 0.2) is 5.65 Å². The molecular formula is C17H9ClN4O. The van der Waals surface area contributed by atoms with E-state index in [2.05, 4.69) is 15.1 Å². The van der Waals surface area contributed by atoms with Gasteiger partial charge < -0.3 is 4.98 Å². The summed E-state index contributed by atoms with van der Waals surface area (Å²) in [6.07, 6.45) is 0. The Morgan fingerprint density at radius 1 is 1.00 bits per heavy atom. The maximum atomic E-state index is 12.7. The van der Waals surface area contributed by atoms with Crippen LogP contribution in [0.1, 0.15) is 0 Å². The summed E-state index contributed by atoms with van der Waals surface area (Å²) < 4.78 is 1.35. The number of nitrogens with one attached hydrogen (secondary N) is 1. The van der Waals surface area contributed by atoms with E-state index in [4.69, 9.17) is 11.6 Å². The second-order valence-electron chi connectivity index (χ2n) is 5.43. The molecule has 0 aliphatic heterocycles. The van der Waals surface area contributed by atoms with Crippen molar-refractivity contribution in [1.82, 2.24) is 19.6 Å². The summed E-state index contributed by atoms with van der Waals surface area (Å²) in [7, 11) is 0. The van der Waals surface area contributed by atoms with Gasteiger partial charge in [-0.2, -0.15) is 9.61 Å². The molecule has 0 fully saturated rings. The van der Waals surface area contributed by atoms with E-state index in [-0.39, 0.29) is 5.56 Å². The molecule has 0 unspecified atom stereocenters. The molecule has 0 bridgehead atoms. The van der Waals surface area contributed by atoms with Crippen LogP contribution in [0.4, 0.5) is 0 Å². The monoisotopic (exact) mass is 320 g/mol. The Labute approximate surface area is 134 Å². The summed E-state index contributed by atoms with van der Waals surface area (Å²) in [5.74, 6) is 0. The quantitative estimate of drug-likeness (QED) is 0.444. The van der Waals surface area contributed by atoms with Crippen molar-refractivity contribution in [2.45, 2.75) is 0 Å². The van der Waals surface area contributed by atoms with Crippen LogP contribution in [0, 0.1) is 0 Å². The molecule has 0 spiro atoms. The van der Waals surface area contributed by atoms with Crippen LogP contribution in [0.25, 0.3) is 38.5 Å². The van der Waals surface area contributed by atoms with E-state index in [0.717, 1.165) is 21.9 Å². The van der Waals surface area contributed by atoms with E-state index in [1.54, 1.807) is 18.2 Å². The highest BCUT2D eigenvalue weighted by atomic mass is 35.5. The fourth-order valence-corrected chi connectivity index (χ4v) is 3.11. The minimum Gasteiger partial charge on any atom is -0.353 e. The molecule has 0 aliphatic carbocycles. The highest BCUT2D eigenvalue weighted by Crippen LogP contribution is 2.24. The van der Waals surface area contributed by atoms with Crippen LogP contribution in [-0.2, 0) is 0 Å². The van der Waals surface area contributed by atoms with Crippen molar-refractivity contribution in [3.8, 4) is 0 Å². The maximum absolute atomic E-state index is 12.7. The van der Waals surface area contributed by atoms with E-state index in [9.17, 15) is 4.79 Å². The molecule has 0 saturated carbocycles. The van der Waals surface area contributed by atoms with Crippen molar-refractivity contribution < 1.29 is 0 Å². The zero-order valence-electron chi connectivity index (χ0n) is 11.7. The van der Waals surface area contributed by atoms with Gasteiger partial charge in [0.2, 0.25) is 0 Å². The highest BCUT2D eigenvalue weighted by Gasteiger charge is 2.11. The van der Waals surface area contributed by atoms with Gasteiger partial charge in [0.1, 0.15) is 5.52 Å². The lowest BCUT2D eigenvalue weighted by atomic mass is 10.2. The predicted molar refractivity (Wildman–Crippen MR) is 91.1 cm³/mol. The zero-order valence-corrected chi connectivity index (χ0v) is 12.5. The summed E-state index contributed by atoms with van der Waals surface area (Å²) >= 11 is 6.00. The average Bonchev–Trinajstić information content (AvgIpc) is 2.90. The van der Waals surface area contributed by atoms with Crippen molar-refractivity contribution in [1.29, 1.82) is 0 Å². The summed E-state index contributed by atoms with van der Waals surface area (Å²) in [4.78, 5) is 20.5. The van der Waals surface area contributed by atoms with Gasteiger partial charge in [0.05, 0.1) is 16.4 Å². The molecule has 0 aliphatic rings. The van der Waals surface area contributed by atoms with Crippen molar-refractivity contribution in [2.24, 2.45) is 0 Å². The molecule has 3 heterocycles. The van der Waals surface area contributed by atoms with E-state index < -0.39 is 0 Å². The lowest BCUT2D eigenvalue weighted by molar-refractivity contribution is 0.910. The third-order valence-electron chi connectivity index (χ3n) is 4.01. The number of rotatable bonds is 0. The standard InChI is InChI=1S/C17H9ClN4O/c18-9-5-6-11-13(7-9)20-15-8-14-16(21-22(15)17(11)23)10-3-1-2-4-12(10)19-14/h1-8,19H. The normalized spacial score (nSPS) is 11.9. The molecule has 0 atom stereocenters. The number of aromatic nitrogens is 4. The van der Waals surface area contributed by atoms with Crippen molar-refractivity contribution in [3.05, 3.63) is 63.9 Å². The van der Waals surface area contributed by atoms with Crippen LogP contribution in [0.15, 0.2) is 53.3 Å². The summed E-state index contributed by atoms with van der Waals surface area (Å²) in [6, 6.07) is 14.8. The number of benzene rings is 2. The second-order valence-corrected chi connectivity index (χ2v) is 5.86. The van der Waals surface area contributed by atoms with Gasteiger partial charge >= 0.3 is 0 Å². The predicted octanol–water partition coefficient (Wildman–Crippen LogP) is 3.53. The first-order chi connectivity index (χ1) is 11.2. The number of hydrogen-bond donors (Lipinski definition) is 1. The smallest absolute Gasteiger partial charge is 0.282 e. The molecule has 0 amide bonds. The number of hydrogen-bond acceptors (Lipinski definition) is 3. The minimum absolute atomic E-state index is 0.200. The molecule has 23 heavy (non-hydrogen) atoms. The Balaban J connectivity index is 2.02. The van der Waals surface area contributed by atoms with Gasteiger partial charge in [-0.1, -0.05) is 29.8 Å². The Morgan fingerprint density at radius 3 is 2.78 bits per heavy atom. The highest BCUT2D eigenvalue weighted by molar-refractivity contribution is 6.31. The third-order valence-corrected chi connectivity index (χ3v) is 4.25. The molecule has 110 valence electrons. The molecule has 5 nitrogen and oxygen atoms in total. The van der Waals surface area contributed by atoms with Crippen molar-refractivity contribution in [3.63, 3.8) is 0 Å². The number of halogens is 1.